The minimum Gasteiger partial charge on any atom is -0.495 e. The molecule has 130 valence electrons. The van der Waals surface area contributed by atoms with Gasteiger partial charge in [0.1, 0.15) is 5.75 Å². The lowest BCUT2D eigenvalue weighted by atomic mass is 10.0. The summed E-state index contributed by atoms with van der Waals surface area (Å²) in [5.74, 6) is -1.02. The van der Waals surface area contributed by atoms with E-state index in [2.05, 4.69) is 5.32 Å². The lowest BCUT2D eigenvalue weighted by molar-refractivity contribution is 0.0696. The predicted octanol–water partition coefficient (Wildman–Crippen LogP) is 4.31. The van der Waals surface area contributed by atoms with Crippen LogP contribution in [0.25, 0.3) is 11.1 Å². The molecule has 0 saturated carbocycles. The molecule has 0 radical (unpaired) electrons. The highest BCUT2D eigenvalue weighted by Crippen LogP contribution is 2.26. The second-order valence-corrected chi connectivity index (χ2v) is 5.62. The number of carboxylic acids is 1. The van der Waals surface area contributed by atoms with Crippen LogP contribution in [-0.2, 0) is 0 Å². The van der Waals surface area contributed by atoms with Crippen molar-refractivity contribution in [2.75, 3.05) is 12.4 Å². The van der Waals surface area contributed by atoms with Crippen molar-refractivity contribution in [3.8, 4) is 16.9 Å². The first-order valence-corrected chi connectivity index (χ1v) is 7.96. The highest BCUT2D eigenvalue weighted by molar-refractivity contribution is 6.06. The Hall–Kier alpha value is -3.60. The standard InChI is InChI=1S/C21H17NO4/c1-26-19-12-11-17(21(24)25)13-18(19)22-20(23)16-9-7-15(8-10-16)14-5-3-2-4-6-14/h2-13H,1H3,(H,22,23)(H,24,25). The van der Waals surface area contributed by atoms with Crippen LogP contribution in [0.4, 0.5) is 5.69 Å². The van der Waals surface area contributed by atoms with Crippen LogP contribution in [0, 0.1) is 0 Å². The number of benzene rings is 3. The maximum Gasteiger partial charge on any atom is 0.335 e. The fourth-order valence-corrected chi connectivity index (χ4v) is 2.58. The van der Waals surface area contributed by atoms with E-state index in [1.54, 1.807) is 12.1 Å². The number of carbonyl (C=O) groups excluding carboxylic acids is 1. The molecule has 2 N–H and O–H groups in total. The minimum absolute atomic E-state index is 0.0699. The Balaban J connectivity index is 1.82. The van der Waals surface area contributed by atoms with Crippen LogP contribution < -0.4 is 10.1 Å². The number of ether oxygens (including phenoxy) is 1. The first-order valence-electron chi connectivity index (χ1n) is 7.96. The van der Waals surface area contributed by atoms with Gasteiger partial charge >= 0.3 is 5.97 Å². The van der Waals surface area contributed by atoms with E-state index in [-0.39, 0.29) is 11.5 Å². The monoisotopic (exact) mass is 347 g/mol. The number of nitrogens with one attached hydrogen (secondary N) is 1. The number of carbonyl (C=O) groups is 2. The van der Waals surface area contributed by atoms with Gasteiger partial charge in [-0.15, -0.1) is 0 Å². The number of amides is 1. The highest BCUT2D eigenvalue weighted by atomic mass is 16.5. The third-order valence-electron chi connectivity index (χ3n) is 3.95. The maximum absolute atomic E-state index is 12.5. The van der Waals surface area contributed by atoms with E-state index in [1.165, 1.54) is 25.3 Å². The molecule has 0 unspecified atom stereocenters. The van der Waals surface area contributed by atoms with E-state index < -0.39 is 5.97 Å². The smallest absolute Gasteiger partial charge is 0.335 e. The molecule has 3 aromatic carbocycles. The van der Waals surface area contributed by atoms with Gasteiger partial charge in [0.25, 0.3) is 5.91 Å². The first kappa shape index (κ1) is 17.2. The molecule has 0 bridgehead atoms. The fourth-order valence-electron chi connectivity index (χ4n) is 2.58. The summed E-state index contributed by atoms with van der Waals surface area (Å²) in [6.45, 7) is 0. The SMILES string of the molecule is COc1ccc(C(=O)O)cc1NC(=O)c1ccc(-c2ccccc2)cc1. The quantitative estimate of drug-likeness (QED) is 0.721. The zero-order chi connectivity index (χ0) is 18.5. The Bertz CT molecular complexity index is 934. The summed E-state index contributed by atoms with van der Waals surface area (Å²) < 4.78 is 5.19. The number of hydrogen-bond acceptors (Lipinski definition) is 3. The van der Waals surface area contributed by atoms with Gasteiger partial charge in [-0.1, -0.05) is 42.5 Å². The molecule has 5 nitrogen and oxygen atoms in total. The summed E-state index contributed by atoms with van der Waals surface area (Å²) >= 11 is 0. The van der Waals surface area contributed by atoms with Gasteiger partial charge in [0.2, 0.25) is 0 Å². The number of methoxy groups -OCH3 is 1. The van der Waals surface area contributed by atoms with E-state index in [1.807, 2.05) is 42.5 Å². The van der Waals surface area contributed by atoms with Gasteiger partial charge in [-0.05, 0) is 41.5 Å². The van der Waals surface area contributed by atoms with Crippen molar-refractivity contribution in [2.45, 2.75) is 0 Å². The topological polar surface area (TPSA) is 75.6 Å². The fraction of sp³-hybridized carbons (Fsp3) is 0.0476. The zero-order valence-electron chi connectivity index (χ0n) is 14.1. The van der Waals surface area contributed by atoms with Crippen LogP contribution in [0.3, 0.4) is 0 Å². The normalized spacial score (nSPS) is 10.2. The van der Waals surface area contributed by atoms with Crippen molar-refractivity contribution in [3.05, 3.63) is 83.9 Å². The third kappa shape index (κ3) is 3.72. The van der Waals surface area contributed by atoms with Crippen molar-refractivity contribution in [1.82, 2.24) is 0 Å². The summed E-state index contributed by atoms with van der Waals surface area (Å²) in [6.07, 6.45) is 0. The lowest BCUT2D eigenvalue weighted by Gasteiger charge is -2.11. The van der Waals surface area contributed by atoms with Gasteiger partial charge in [0.15, 0.2) is 0 Å². The molecule has 26 heavy (non-hydrogen) atoms. The molecular weight excluding hydrogens is 330 g/mol. The molecule has 0 aliphatic rings. The van der Waals surface area contributed by atoms with Crippen LogP contribution in [0.15, 0.2) is 72.8 Å². The number of rotatable bonds is 5. The van der Waals surface area contributed by atoms with Crippen molar-refractivity contribution in [1.29, 1.82) is 0 Å². The summed E-state index contributed by atoms with van der Waals surface area (Å²) in [6, 6.07) is 21.4. The molecule has 1 amide bonds. The van der Waals surface area contributed by atoms with Gasteiger partial charge in [-0.2, -0.15) is 0 Å². The van der Waals surface area contributed by atoms with Crippen LogP contribution in [-0.4, -0.2) is 24.1 Å². The Labute approximate surface area is 150 Å². The zero-order valence-corrected chi connectivity index (χ0v) is 14.1. The predicted molar refractivity (Wildman–Crippen MR) is 99.8 cm³/mol. The third-order valence-corrected chi connectivity index (χ3v) is 3.95. The van der Waals surface area contributed by atoms with Gasteiger partial charge in [-0.3, -0.25) is 4.79 Å². The molecule has 0 atom stereocenters. The molecular formula is C21H17NO4. The summed E-state index contributed by atoms with van der Waals surface area (Å²) in [7, 11) is 1.46. The van der Waals surface area contributed by atoms with E-state index in [0.29, 0.717) is 17.0 Å². The van der Waals surface area contributed by atoms with Crippen molar-refractivity contribution in [3.63, 3.8) is 0 Å². The van der Waals surface area contributed by atoms with Crippen molar-refractivity contribution < 1.29 is 19.4 Å². The van der Waals surface area contributed by atoms with Crippen LogP contribution in [0.1, 0.15) is 20.7 Å². The molecule has 0 fully saturated rings. The number of carboxylic acid groups (broad SMARTS) is 1. The minimum atomic E-state index is -1.07. The second kappa shape index (κ2) is 7.53. The van der Waals surface area contributed by atoms with E-state index >= 15 is 0 Å². The number of anilines is 1. The van der Waals surface area contributed by atoms with Gasteiger partial charge in [-0.25, -0.2) is 4.79 Å². The molecule has 3 aromatic rings. The first-order chi connectivity index (χ1) is 12.6. The molecule has 5 heteroatoms. The largest absolute Gasteiger partial charge is 0.495 e. The van der Waals surface area contributed by atoms with Crippen LogP contribution in [0.5, 0.6) is 5.75 Å². The molecule has 3 rings (SSSR count). The molecule has 0 aliphatic carbocycles. The van der Waals surface area contributed by atoms with Crippen LogP contribution >= 0.6 is 0 Å². The summed E-state index contributed by atoms with van der Waals surface area (Å²) in [5.41, 5.74) is 2.92. The molecule has 0 saturated heterocycles. The number of aromatic carboxylic acids is 1. The Kier molecular flexibility index (Phi) is 4.99. The van der Waals surface area contributed by atoms with Crippen LogP contribution in [0.2, 0.25) is 0 Å². The van der Waals surface area contributed by atoms with E-state index in [0.717, 1.165) is 11.1 Å². The van der Waals surface area contributed by atoms with Gasteiger partial charge in [0.05, 0.1) is 18.4 Å². The summed E-state index contributed by atoms with van der Waals surface area (Å²) in [5, 5.41) is 11.8. The van der Waals surface area contributed by atoms with Crippen molar-refractivity contribution >= 4 is 17.6 Å². The van der Waals surface area contributed by atoms with E-state index in [9.17, 15) is 9.59 Å². The van der Waals surface area contributed by atoms with Gasteiger partial charge < -0.3 is 15.2 Å². The lowest BCUT2D eigenvalue weighted by Crippen LogP contribution is -2.13. The Morgan fingerprint density at radius 1 is 0.846 bits per heavy atom. The molecule has 0 spiro atoms. The highest BCUT2D eigenvalue weighted by Gasteiger charge is 2.13. The van der Waals surface area contributed by atoms with E-state index in [4.69, 9.17) is 9.84 Å². The molecule has 0 heterocycles. The Morgan fingerprint density at radius 2 is 1.46 bits per heavy atom. The molecule has 0 aromatic heterocycles. The Morgan fingerprint density at radius 3 is 2.08 bits per heavy atom. The van der Waals surface area contributed by atoms with Crippen molar-refractivity contribution in [2.24, 2.45) is 0 Å². The average molecular weight is 347 g/mol. The summed E-state index contributed by atoms with van der Waals surface area (Å²) in [4.78, 5) is 23.6. The molecule has 0 aliphatic heterocycles. The maximum atomic E-state index is 12.5. The average Bonchev–Trinajstić information content (AvgIpc) is 2.68. The second-order valence-electron chi connectivity index (χ2n) is 5.62. The number of hydrogen-bond donors (Lipinski definition) is 2. The van der Waals surface area contributed by atoms with Gasteiger partial charge in [0, 0.05) is 5.56 Å².